The van der Waals surface area contributed by atoms with Crippen molar-refractivity contribution >= 4 is 17.4 Å². The maximum absolute atomic E-state index is 5.64. The van der Waals surface area contributed by atoms with Gasteiger partial charge in [-0.2, -0.15) is 0 Å². The average molecular weight is 194 g/mol. The van der Waals surface area contributed by atoms with Gasteiger partial charge in [-0.15, -0.1) is 11.8 Å². The zero-order valence-electron chi connectivity index (χ0n) is 7.73. The van der Waals surface area contributed by atoms with Gasteiger partial charge in [0.15, 0.2) is 0 Å². The Morgan fingerprint density at radius 3 is 2.62 bits per heavy atom. The molecule has 2 rings (SSSR count). The van der Waals surface area contributed by atoms with Crippen LogP contribution in [0.1, 0.15) is 10.9 Å². The van der Waals surface area contributed by atoms with Crippen LogP contribution in [-0.2, 0) is 0 Å². The van der Waals surface area contributed by atoms with Crippen molar-refractivity contribution < 1.29 is 0 Å². The third kappa shape index (κ3) is 1.81. The lowest BCUT2D eigenvalue weighted by atomic mass is 10.2. The summed E-state index contributed by atoms with van der Waals surface area (Å²) in [5.74, 6) is 1.23. The molecule has 1 heterocycles. The summed E-state index contributed by atoms with van der Waals surface area (Å²) in [4.78, 5) is 2.37. The molecule has 0 bridgehead atoms. The van der Waals surface area contributed by atoms with Gasteiger partial charge in [-0.05, 0) is 24.7 Å². The minimum Gasteiger partial charge on any atom is -0.399 e. The summed E-state index contributed by atoms with van der Waals surface area (Å²) in [6, 6.07) is 8.19. The van der Waals surface area contributed by atoms with Crippen molar-refractivity contribution in [1.29, 1.82) is 0 Å². The molecule has 1 aromatic carbocycles. The molecule has 0 aromatic heterocycles. The van der Waals surface area contributed by atoms with Crippen LogP contribution in [0.25, 0.3) is 0 Å². The number of hydrogen-bond acceptors (Lipinski definition) is 3. The molecule has 13 heavy (non-hydrogen) atoms. The first-order chi connectivity index (χ1) is 6.27. The molecule has 0 aliphatic carbocycles. The quantitative estimate of drug-likeness (QED) is 0.693. The molecule has 1 aromatic rings. The van der Waals surface area contributed by atoms with Crippen LogP contribution in [-0.4, -0.2) is 24.2 Å². The monoisotopic (exact) mass is 194 g/mol. The van der Waals surface area contributed by atoms with Crippen molar-refractivity contribution in [1.82, 2.24) is 4.90 Å². The summed E-state index contributed by atoms with van der Waals surface area (Å²) < 4.78 is 0. The van der Waals surface area contributed by atoms with E-state index in [2.05, 4.69) is 24.1 Å². The molecule has 0 saturated carbocycles. The number of hydrogen-bond donors (Lipinski definition) is 1. The number of nitrogen functional groups attached to an aromatic ring is 1. The molecule has 1 fully saturated rings. The van der Waals surface area contributed by atoms with Crippen LogP contribution in [0.3, 0.4) is 0 Å². The zero-order valence-corrected chi connectivity index (χ0v) is 8.55. The van der Waals surface area contributed by atoms with E-state index in [-0.39, 0.29) is 0 Å². The molecule has 70 valence electrons. The van der Waals surface area contributed by atoms with Gasteiger partial charge in [-0.1, -0.05) is 12.1 Å². The molecule has 0 radical (unpaired) electrons. The number of rotatable bonds is 1. The SMILES string of the molecule is CN1CCSC1c1ccc(N)cc1. The molecule has 1 atom stereocenters. The van der Waals surface area contributed by atoms with E-state index in [0.717, 1.165) is 5.69 Å². The predicted octanol–water partition coefficient (Wildman–Crippen LogP) is 1.95. The predicted molar refractivity (Wildman–Crippen MR) is 58.7 cm³/mol. The Kier molecular flexibility index (Phi) is 2.47. The highest BCUT2D eigenvalue weighted by molar-refractivity contribution is 7.99. The second kappa shape index (κ2) is 3.60. The van der Waals surface area contributed by atoms with Crippen LogP contribution in [0.2, 0.25) is 0 Å². The Morgan fingerprint density at radius 1 is 1.38 bits per heavy atom. The Balaban J connectivity index is 2.20. The third-order valence-corrected chi connectivity index (χ3v) is 3.71. The highest BCUT2D eigenvalue weighted by atomic mass is 32.2. The Bertz CT molecular complexity index is 283. The van der Waals surface area contributed by atoms with Crippen molar-refractivity contribution in [2.75, 3.05) is 25.1 Å². The van der Waals surface area contributed by atoms with Crippen LogP contribution in [0.5, 0.6) is 0 Å². The zero-order chi connectivity index (χ0) is 9.26. The minimum absolute atomic E-state index is 0.528. The van der Waals surface area contributed by atoms with Gasteiger partial charge in [-0.25, -0.2) is 0 Å². The van der Waals surface area contributed by atoms with E-state index in [1.54, 1.807) is 0 Å². The van der Waals surface area contributed by atoms with Crippen LogP contribution >= 0.6 is 11.8 Å². The first kappa shape index (κ1) is 8.91. The lowest BCUT2D eigenvalue weighted by Gasteiger charge is -2.18. The van der Waals surface area contributed by atoms with Gasteiger partial charge in [0.05, 0.1) is 5.37 Å². The summed E-state index contributed by atoms with van der Waals surface area (Å²) >= 11 is 1.99. The molecular weight excluding hydrogens is 180 g/mol. The largest absolute Gasteiger partial charge is 0.399 e. The Hall–Kier alpha value is -0.670. The fourth-order valence-electron chi connectivity index (χ4n) is 1.56. The highest BCUT2D eigenvalue weighted by Crippen LogP contribution is 2.36. The van der Waals surface area contributed by atoms with Gasteiger partial charge in [-0.3, -0.25) is 4.90 Å². The lowest BCUT2D eigenvalue weighted by Crippen LogP contribution is -2.16. The number of nitrogens with zero attached hydrogens (tertiary/aromatic N) is 1. The summed E-state index contributed by atoms with van der Waals surface area (Å²) in [7, 11) is 2.17. The van der Waals surface area contributed by atoms with Crippen LogP contribution in [0, 0.1) is 0 Å². The maximum Gasteiger partial charge on any atom is 0.0812 e. The first-order valence-corrected chi connectivity index (χ1v) is 5.49. The van der Waals surface area contributed by atoms with Crippen molar-refractivity contribution in [2.45, 2.75) is 5.37 Å². The number of benzene rings is 1. The fourth-order valence-corrected chi connectivity index (χ4v) is 2.89. The van der Waals surface area contributed by atoms with Crippen molar-refractivity contribution in [3.8, 4) is 0 Å². The van der Waals surface area contributed by atoms with Gasteiger partial charge < -0.3 is 5.73 Å². The smallest absolute Gasteiger partial charge is 0.0812 e. The van der Waals surface area contributed by atoms with E-state index < -0.39 is 0 Å². The number of thioether (sulfide) groups is 1. The minimum atomic E-state index is 0.528. The van der Waals surface area contributed by atoms with E-state index in [9.17, 15) is 0 Å². The second-order valence-electron chi connectivity index (χ2n) is 3.37. The standard InChI is InChI=1S/C10H14N2S/c1-12-6-7-13-10(12)8-2-4-9(11)5-3-8/h2-5,10H,6-7,11H2,1H3. The van der Waals surface area contributed by atoms with E-state index in [1.807, 2.05) is 23.9 Å². The van der Waals surface area contributed by atoms with Gasteiger partial charge in [0.2, 0.25) is 0 Å². The Labute approximate surface area is 83.1 Å². The van der Waals surface area contributed by atoms with E-state index >= 15 is 0 Å². The van der Waals surface area contributed by atoms with Crippen LogP contribution in [0.15, 0.2) is 24.3 Å². The second-order valence-corrected chi connectivity index (χ2v) is 4.56. The van der Waals surface area contributed by atoms with Gasteiger partial charge >= 0.3 is 0 Å². The summed E-state index contributed by atoms with van der Waals surface area (Å²) in [6.07, 6.45) is 0. The molecule has 1 aliphatic rings. The van der Waals surface area contributed by atoms with E-state index in [4.69, 9.17) is 5.73 Å². The lowest BCUT2D eigenvalue weighted by molar-refractivity contribution is 0.358. The highest BCUT2D eigenvalue weighted by Gasteiger charge is 2.22. The number of nitrogens with two attached hydrogens (primary N) is 1. The average Bonchev–Trinajstić information content (AvgIpc) is 2.53. The third-order valence-electron chi connectivity index (χ3n) is 2.34. The fraction of sp³-hybridized carbons (Fsp3) is 0.400. The van der Waals surface area contributed by atoms with Crippen molar-refractivity contribution in [2.24, 2.45) is 0 Å². The van der Waals surface area contributed by atoms with E-state index in [0.29, 0.717) is 5.37 Å². The summed E-state index contributed by atoms with van der Waals surface area (Å²) in [5, 5.41) is 0.528. The molecule has 1 aliphatic heterocycles. The molecule has 2 nitrogen and oxygen atoms in total. The summed E-state index contributed by atoms with van der Waals surface area (Å²) in [5.41, 5.74) is 7.84. The van der Waals surface area contributed by atoms with Gasteiger partial charge in [0.1, 0.15) is 0 Å². The summed E-state index contributed by atoms with van der Waals surface area (Å²) in [6.45, 7) is 1.18. The molecule has 1 saturated heterocycles. The molecule has 1 unspecified atom stereocenters. The van der Waals surface area contributed by atoms with Gasteiger partial charge in [0.25, 0.3) is 0 Å². The van der Waals surface area contributed by atoms with Crippen LogP contribution < -0.4 is 5.73 Å². The normalized spacial score (nSPS) is 23.6. The maximum atomic E-state index is 5.64. The van der Waals surface area contributed by atoms with Crippen molar-refractivity contribution in [3.63, 3.8) is 0 Å². The van der Waals surface area contributed by atoms with Crippen LogP contribution in [0.4, 0.5) is 5.69 Å². The topological polar surface area (TPSA) is 29.3 Å². The first-order valence-electron chi connectivity index (χ1n) is 4.44. The number of anilines is 1. The molecule has 2 N–H and O–H groups in total. The Morgan fingerprint density at radius 2 is 2.08 bits per heavy atom. The molecular formula is C10H14N2S. The molecule has 0 amide bonds. The molecule has 0 spiro atoms. The van der Waals surface area contributed by atoms with Gasteiger partial charge in [0, 0.05) is 18.0 Å². The van der Waals surface area contributed by atoms with E-state index in [1.165, 1.54) is 17.9 Å². The van der Waals surface area contributed by atoms with Crippen molar-refractivity contribution in [3.05, 3.63) is 29.8 Å². The molecule has 3 heteroatoms.